The fourth-order valence-corrected chi connectivity index (χ4v) is 4.17. The van der Waals surface area contributed by atoms with Crippen LogP contribution in [0.15, 0.2) is 53.7 Å². The molecule has 1 saturated carbocycles. The summed E-state index contributed by atoms with van der Waals surface area (Å²) in [6.45, 7) is 2.42. The Kier molecular flexibility index (Phi) is 4.25. The Balaban J connectivity index is 1.45. The van der Waals surface area contributed by atoms with Gasteiger partial charge in [0, 0.05) is 24.1 Å². The van der Waals surface area contributed by atoms with Gasteiger partial charge in [0.05, 0.1) is 10.0 Å². The molecule has 0 aromatic heterocycles. The number of nitrogens with zero attached hydrogens (tertiary/aromatic N) is 1. The largest absolute Gasteiger partial charge is 0.391 e. The molecule has 1 N–H and O–H groups in total. The lowest BCUT2D eigenvalue weighted by atomic mass is 9.93. The highest BCUT2D eigenvalue weighted by Gasteiger charge is 2.67. The van der Waals surface area contributed by atoms with Crippen molar-refractivity contribution in [1.29, 1.82) is 0 Å². The van der Waals surface area contributed by atoms with Crippen molar-refractivity contribution < 1.29 is 4.84 Å². The van der Waals surface area contributed by atoms with Crippen molar-refractivity contribution in [2.75, 3.05) is 13.1 Å². The molecule has 5 heteroatoms. The summed E-state index contributed by atoms with van der Waals surface area (Å²) in [6.07, 6.45) is 1.96. The zero-order valence-electron chi connectivity index (χ0n) is 13.1. The van der Waals surface area contributed by atoms with Gasteiger partial charge in [0.2, 0.25) is 0 Å². The number of halogens is 2. The van der Waals surface area contributed by atoms with E-state index < -0.39 is 0 Å². The highest BCUT2D eigenvalue weighted by molar-refractivity contribution is 6.42. The van der Waals surface area contributed by atoms with Gasteiger partial charge in [0.1, 0.15) is 6.61 Å². The van der Waals surface area contributed by atoms with Crippen LogP contribution in [0.3, 0.4) is 0 Å². The molecule has 0 radical (unpaired) electrons. The van der Waals surface area contributed by atoms with Crippen molar-refractivity contribution in [3.8, 4) is 0 Å². The SMILES string of the molecule is Clc1ccc(C23CNCC2C3/C=N/OCc2ccccc2)cc1Cl. The van der Waals surface area contributed by atoms with Crippen LogP contribution in [0.1, 0.15) is 11.1 Å². The number of benzene rings is 2. The summed E-state index contributed by atoms with van der Waals surface area (Å²) in [6, 6.07) is 16.0. The fraction of sp³-hybridized carbons (Fsp3) is 0.316. The number of nitrogens with one attached hydrogen (secondary N) is 1. The Hall–Kier alpha value is -1.55. The zero-order chi connectivity index (χ0) is 16.6. The molecular weight excluding hydrogens is 343 g/mol. The van der Waals surface area contributed by atoms with Crippen molar-refractivity contribution >= 4 is 29.4 Å². The summed E-state index contributed by atoms with van der Waals surface area (Å²) >= 11 is 12.3. The topological polar surface area (TPSA) is 33.6 Å². The molecule has 1 aliphatic heterocycles. The highest BCUT2D eigenvalue weighted by Crippen LogP contribution is 2.61. The van der Waals surface area contributed by atoms with E-state index in [9.17, 15) is 0 Å². The van der Waals surface area contributed by atoms with Gasteiger partial charge in [0.15, 0.2) is 0 Å². The van der Waals surface area contributed by atoms with E-state index in [1.807, 2.05) is 48.7 Å². The van der Waals surface area contributed by atoms with Gasteiger partial charge in [0.25, 0.3) is 0 Å². The molecule has 2 fully saturated rings. The van der Waals surface area contributed by atoms with Crippen LogP contribution in [0.25, 0.3) is 0 Å². The van der Waals surface area contributed by atoms with Crippen LogP contribution in [0.2, 0.25) is 10.0 Å². The maximum Gasteiger partial charge on any atom is 0.142 e. The van der Waals surface area contributed by atoms with Crippen LogP contribution < -0.4 is 5.32 Å². The Bertz CT molecular complexity index is 765. The summed E-state index contributed by atoms with van der Waals surface area (Å²) < 4.78 is 0. The molecule has 124 valence electrons. The van der Waals surface area contributed by atoms with Crippen LogP contribution in [0, 0.1) is 11.8 Å². The summed E-state index contributed by atoms with van der Waals surface area (Å²) in [7, 11) is 0. The van der Waals surface area contributed by atoms with E-state index in [2.05, 4.69) is 16.5 Å². The molecule has 2 aliphatic rings. The van der Waals surface area contributed by atoms with Crippen molar-refractivity contribution in [3.05, 3.63) is 69.7 Å². The Morgan fingerprint density at radius 1 is 1.17 bits per heavy atom. The summed E-state index contributed by atoms with van der Waals surface area (Å²) in [5, 5.41) is 8.88. The van der Waals surface area contributed by atoms with Gasteiger partial charge in [-0.1, -0.05) is 64.8 Å². The summed E-state index contributed by atoms with van der Waals surface area (Å²) in [5.74, 6) is 0.922. The van der Waals surface area contributed by atoms with E-state index in [4.69, 9.17) is 28.0 Å². The van der Waals surface area contributed by atoms with Gasteiger partial charge < -0.3 is 10.2 Å². The minimum absolute atomic E-state index is 0.0772. The Morgan fingerprint density at radius 3 is 2.79 bits per heavy atom. The van der Waals surface area contributed by atoms with Crippen molar-refractivity contribution in [1.82, 2.24) is 5.32 Å². The Morgan fingerprint density at radius 2 is 2.00 bits per heavy atom. The van der Waals surface area contributed by atoms with Crippen LogP contribution in [-0.2, 0) is 16.9 Å². The highest BCUT2D eigenvalue weighted by atomic mass is 35.5. The molecule has 1 saturated heterocycles. The maximum absolute atomic E-state index is 6.20. The van der Waals surface area contributed by atoms with Gasteiger partial charge in [-0.3, -0.25) is 0 Å². The third kappa shape index (κ3) is 2.71. The van der Waals surface area contributed by atoms with Crippen molar-refractivity contribution in [2.24, 2.45) is 17.0 Å². The summed E-state index contributed by atoms with van der Waals surface area (Å²) in [5.41, 5.74) is 2.42. The maximum atomic E-state index is 6.20. The average Bonchev–Trinajstić information content (AvgIpc) is 2.99. The quantitative estimate of drug-likeness (QED) is 0.637. The summed E-state index contributed by atoms with van der Waals surface area (Å²) in [4.78, 5) is 5.46. The van der Waals surface area contributed by atoms with E-state index in [1.54, 1.807) is 0 Å². The first kappa shape index (κ1) is 15.9. The van der Waals surface area contributed by atoms with Crippen LogP contribution in [-0.4, -0.2) is 19.3 Å². The predicted octanol–water partition coefficient (Wildman–Crippen LogP) is 4.28. The normalized spacial score (nSPS) is 28.1. The molecular formula is C19H18Cl2N2O. The smallest absolute Gasteiger partial charge is 0.142 e. The molecule has 0 amide bonds. The molecule has 2 aromatic rings. The van der Waals surface area contributed by atoms with Crippen LogP contribution in [0.5, 0.6) is 0 Å². The third-order valence-electron chi connectivity index (χ3n) is 5.19. The lowest BCUT2D eigenvalue weighted by Gasteiger charge is -2.15. The van der Waals surface area contributed by atoms with E-state index in [1.165, 1.54) is 5.56 Å². The molecule has 3 atom stereocenters. The lowest BCUT2D eigenvalue weighted by Crippen LogP contribution is -2.24. The van der Waals surface area contributed by atoms with Gasteiger partial charge >= 0.3 is 0 Å². The second kappa shape index (κ2) is 6.40. The number of piperidine rings is 1. The molecule has 4 rings (SSSR count). The predicted molar refractivity (Wildman–Crippen MR) is 97.7 cm³/mol. The van der Waals surface area contributed by atoms with Crippen molar-refractivity contribution in [3.63, 3.8) is 0 Å². The van der Waals surface area contributed by atoms with Gasteiger partial charge in [-0.2, -0.15) is 0 Å². The molecule has 0 bridgehead atoms. The number of hydrogen-bond donors (Lipinski definition) is 1. The van der Waals surface area contributed by atoms with Gasteiger partial charge in [-0.15, -0.1) is 0 Å². The van der Waals surface area contributed by atoms with E-state index in [-0.39, 0.29) is 5.41 Å². The first-order valence-corrected chi connectivity index (χ1v) is 8.83. The zero-order valence-corrected chi connectivity index (χ0v) is 14.6. The average molecular weight is 361 g/mol. The monoisotopic (exact) mass is 360 g/mol. The molecule has 3 nitrogen and oxygen atoms in total. The first-order valence-electron chi connectivity index (χ1n) is 8.07. The molecule has 0 spiro atoms. The number of rotatable bonds is 5. The van der Waals surface area contributed by atoms with E-state index in [0.717, 1.165) is 18.7 Å². The van der Waals surface area contributed by atoms with Crippen molar-refractivity contribution in [2.45, 2.75) is 12.0 Å². The molecule has 2 aromatic carbocycles. The lowest BCUT2D eigenvalue weighted by molar-refractivity contribution is 0.131. The van der Waals surface area contributed by atoms with Crippen LogP contribution >= 0.6 is 23.2 Å². The molecule has 1 heterocycles. The fourth-order valence-electron chi connectivity index (χ4n) is 3.87. The van der Waals surface area contributed by atoms with Crippen LogP contribution in [0.4, 0.5) is 0 Å². The second-order valence-electron chi connectivity index (χ2n) is 6.45. The number of fused-ring (bicyclic) bond motifs is 1. The number of hydrogen-bond acceptors (Lipinski definition) is 3. The van der Waals surface area contributed by atoms with Gasteiger partial charge in [-0.05, 0) is 35.7 Å². The van der Waals surface area contributed by atoms with E-state index >= 15 is 0 Å². The molecule has 1 aliphatic carbocycles. The number of oxime groups is 1. The first-order chi connectivity index (χ1) is 11.7. The minimum atomic E-state index is 0.0772. The molecule has 3 unspecified atom stereocenters. The standard InChI is InChI=1S/C19H18Cl2N2O/c20-17-7-6-14(8-18(17)21)19-12-22-9-15(19)16(19)10-23-24-11-13-4-2-1-3-5-13/h1-8,10,15-16,22H,9,11-12H2/b23-10+. The van der Waals surface area contributed by atoms with E-state index in [0.29, 0.717) is 28.5 Å². The molecule has 24 heavy (non-hydrogen) atoms. The second-order valence-corrected chi connectivity index (χ2v) is 7.26. The Labute approximate surface area is 151 Å². The third-order valence-corrected chi connectivity index (χ3v) is 5.93. The van der Waals surface area contributed by atoms with Gasteiger partial charge in [-0.25, -0.2) is 0 Å². The minimum Gasteiger partial charge on any atom is -0.391 e.